The van der Waals surface area contributed by atoms with Crippen LogP contribution in [0.15, 0.2) is 54.6 Å². The van der Waals surface area contributed by atoms with Gasteiger partial charge in [-0.3, -0.25) is 0 Å². The van der Waals surface area contributed by atoms with E-state index in [9.17, 15) is 0 Å². The molecule has 0 radical (unpaired) electrons. The average molecular weight is 297 g/mol. The van der Waals surface area contributed by atoms with Crippen LogP contribution >= 0.6 is 11.6 Å². The van der Waals surface area contributed by atoms with Crippen LogP contribution in [-0.4, -0.2) is 12.0 Å². The number of hydrogen-bond acceptors (Lipinski definition) is 2. The molecule has 3 aromatic rings. The van der Waals surface area contributed by atoms with Crippen molar-refractivity contribution < 1.29 is 0 Å². The second-order valence-corrected chi connectivity index (χ2v) is 5.45. The molecule has 3 heteroatoms. The zero-order valence-corrected chi connectivity index (χ0v) is 12.9. The molecule has 21 heavy (non-hydrogen) atoms. The number of pyridine rings is 1. The molecule has 2 aromatic carbocycles. The van der Waals surface area contributed by atoms with Crippen LogP contribution in [0.2, 0.25) is 0 Å². The number of aromatic nitrogens is 1. The topological polar surface area (TPSA) is 16.1 Å². The summed E-state index contributed by atoms with van der Waals surface area (Å²) in [7, 11) is 2.04. The summed E-state index contributed by atoms with van der Waals surface area (Å²) < 4.78 is 0. The molecule has 0 bridgehead atoms. The average Bonchev–Trinajstić information content (AvgIpc) is 2.53. The lowest BCUT2D eigenvalue weighted by Gasteiger charge is -2.21. The van der Waals surface area contributed by atoms with Gasteiger partial charge in [0.15, 0.2) is 0 Å². The maximum atomic E-state index is 5.99. The summed E-state index contributed by atoms with van der Waals surface area (Å²) in [6, 6.07) is 18.8. The molecule has 0 amide bonds. The first kappa shape index (κ1) is 13.9. The number of halogens is 1. The smallest absolute Gasteiger partial charge is 0.140 e. The maximum absolute atomic E-state index is 5.99. The molecule has 3 rings (SSSR count). The first-order valence-corrected chi connectivity index (χ1v) is 7.47. The third-order valence-corrected chi connectivity index (χ3v) is 3.92. The van der Waals surface area contributed by atoms with Gasteiger partial charge in [0.25, 0.3) is 0 Å². The van der Waals surface area contributed by atoms with Crippen LogP contribution in [0.25, 0.3) is 10.8 Å². The van der Waals surface area contributed by atoms with Gasteiger partial charge in [0.05, 0.1) is 11.6 Å². The SMILES string of the molecule is Cc1ccc(N(C)c2nc(CCl)cc3ccccc23)cc1. The van der Waals surface area contributed by atoms with Crippen LogP contribution in [0, 0.1) is 6.92 Å². The predicted octanol–water partition coefficient (Wildman–Crippen LogP) is 5.05. The van der Waals surface area contributed by atoms with E-state index < -0.39 is 0 Å². The van der Waals surface area contributed by atoms with E-state index in [-0.39, 0.29) is 0 Å². The fourth-order valence-corrected chi connectivity index (χ4v) is 2.59. The minimum Gasteiger partial charge on any atom is -0.329 e. The van der Waals surface area contributed by atoms with Gasteiger partial charge in [0.2, 0.25) is 0 Å². The normalized spacial score (nSPS) is 10.8. The Balaban J connectivity index is 2.16. The number of nitrogens with zero attached hydrogens (tertiary/aromatic N) is 2. The summed E-state index contributed by atoms with van der Waals surface area (Å²) in [6.45, 7) is 2.09. The van der Waals surface area contributed by atoms with Gasteiger partial charge in [-0.05, 0) is 30.5 Å². The Hall–Kier alpha value is -2.06. The third kappa shape index (κ3) is 2.72. The molecule has 0 atom stereocenters. The molecule has 0 saturated carbocycles. The Bertz CT molecular complexity index is 766. The first-order valence-electron chi connectivity index (χ1n) is 6.94. The van der Waals surface area contributed by atoms with Crippen molar-refractivity contribution in [2.45, 2.75) is 12.8 Å². The van der Waals surface area contributed by atoms with Gasteiger partial charge < -0.3 is 4.90 Å². The molecule has 0 fully saturated rings. The molecule has 0 spiro atoms. The zero-order chi connectivity index (χ0) is 14.8. The van der Waals surface area contributed by atoms with Crippen LogP contribution in [0.1, 0.15) is 11.3 Å². The summed E-state index contributed by atoms with van der Waals surface area (Å²) in [6.07, 6.45) is 0. The van der Waals surface area contributed by atoms with E-state index in [1.165, 1.54) is 5.56 Å². The van der Waals surface area contributed by atoms with Crippen molar-refractivity contribution in [3.05, 3.63) is 65.9 Å². The lowest BCUT2D eigenvalue weighted by Crippen LogP contribution is -2.12. The molecule has 0 saturated heterocycles. The zero-order valence-electron chi connectivity index (χ0n) is 12.2. The number of anilines is 2. The molecule has 0 N–H and O–H groups in total. The quantitative estimate of drug-likeness (QED) is 0.629. The van der Waals surface area contributed by atoms with Gasteiger partial charge in [0.1, 0.15) is 5.82 Å². The van der Waals surface area contributed by atoms with Crippen molar-refractivity contribution in [2.75, 3.05) is 11.9 Å². The Morgan fingerprint density at radius 2 is 1.76 bits per heavy atom. The van der Waals surface area contributed by atoms with Crippen molar-refractivity contribution >= 4 is 33.9 Å². The number of hydrogen-bond donors (Lipinski definition) is 0. The van der Waals surface area contributed by atoms with E-state index >= 15 is 0 Å². The molecule has 0 aliphatic carbocycles. The van der Waals surface area contributed by atoms with Crippen LogP contribution in [0.3, 0.4) is 0 Å². The minimum absolute atomic E-state index is 0.416. The molecule has 0 aliphatic heterocycles. The van der Waals surface area contributed by atoms with Crippen molar-refractivity contribution in [1.82, 2.24) is 4.98 Å². The standard InChI is InChI=1S/C18H17ClN2/c1-13-7-9-16(10-8-13)21(2)18-17-6-4-3-5-14(17)11-15(12-19)20-18/h3-11H,12H2,1-2H3. The van der Waals surface area contributed by atoms with Gasteiger partial charge in [-0.2, -0.15) is 0 Å². The van der Waals surface area contributed by atoms with Gasteiger partial charge in [-0.1, -0.05) is 42.0 Å². The number of fused-ring (bicyclic) bond motifs is 1. The number of rotatable bonds is 3. The summed E-state index contributed by atoms with van der Waals surface area (Å²) in [5.74, 6) is 1.35. The lowest BCUT2D eigenvalue weighted by molar-refractivity contribution is 1.10. The van der Waals surface area contributed by atoms with E-state index in [2.05, 4.69) is 54.3 Å². The molecule has 0 aliphatic rings. The number of alkyl halides is 1. The Labute approximate surface area is 130 Å². The van der Waals surface area contributed by atoms with Crippen LogP contribution in [-0.2, 0) is 5.88 Å². The monoisotopic (exact) mass is 296 g/mol. The van der Waals surface area contributed by atoms with Gasteiger partial charge in [-0.15, -0.1) is 11.6 Å². The van der Waals surface area contributed by atoms with Crippen molar-refractivity contribution in [3.63, 3.8) is 0 Å². The third-order valence-electron chi connectivity index (χ3n) is 3.65. The highest BCUT2D eigenvalue weighted by Gasteiger charge is 2.11. The van der Waals surface area contributed by atoms with E-state index in [0.717, 1.165) is 28.0 Å². The summed E-state index contributed by atoms with van der Waals surface area (Å²) in [4.78, 5) is 6.82. The van der Waals surface area contributed by atoms with Gasteiger partial charge >= 0.3 is 0 Å². The van der Waals surface area contributed by atoms with E-state index in [1.807, 2.05) is 19.2 Å². The van der Waals surface area contributed by atoms with Crippen molar-refractivity contribution in [3.8, 4) is 0 Å². The van der Waals surface area contributed by atoms with Crippen LogP contribution in [0.5, 0.6) is 0 Å². The molecule has 2 nitrogen and oxygen atoms in total. The van der Waals surface area contributed by atoms with Gasteiger partial charge in [0, 0.05) is 18.1 Å². The molecular weight excluding hydrogens is 280 g/mol. The van der Waals surface area contributed by atoms with Crippen molar-refractivity contribution in [1.29, 1.82) is 0 Å². The highest BCUT2D eigenvalue weighted by Crippen LogP contribution is 2.30. The van der Waals surface area contributed by atoms with E-state index in [4.69, 9.17) is 16.6 Å². The fraction of sp³-hybridized carbons (Fsp3) is 0.167. The molecule has 106 valence electrons. The lowest BCUT2D eigenvalue weighted by atomic mass is 10.1. The Kier molecular flexibility index (Phi) is 3.80. The van der Waals surface area contributed by atoms with E-state index in [0.29, 0.717) is 5.88 Å². The molecule has 1 heterocycles. The minimum atomic E-state index is 0.416. The second kappa shape index (κ2) is 5.74. The van der Waals surface area contributed by atoms with Crippen LogP contribution in [0.4, 0.5) is 11.5 Å². The summed E-state index contributed by atoms with van der Waals surface area (Å²) in [5, 5.41) is 2.30. The number of aryl methyl sites for hydroxylation is 1. The summed E-state index contributed by atoms with van der Waals surface area (Å²) >= 11 is 5.99. The fourth-order valence-electron chi connectivity index (χ4n) is 2.45. The molecule has 0 unspecified atom stereocenters. The highest BCUT2D eigenvalue weighted by atomic mass is 35.5. The predicted molar refractivity (Wildman–Crippen MR) is 90.5 cm³/mol. The van der Waals surface area contributed by atoms with Gasteiger partial charge in [-0.25, -0.2) is 4.98 Å². The molecule has 1 aromatic heterocycles. The Morgan fingerprint density at radius 1 is 1.05 bits per heavy atom. The Morgan fingerprint density at radius 3 is 2.48 bits per heavy atom. The molecular formula is C18H17ClN2. The summed E-state index contributed by atoms with van der Waals surface area (Å²) in [5.41, 5.74) is 3.26. The van der Waals surface area contributed by atoms with Crippen molar-refractivity contribution in [2.24, 2.45) is 0 Å². The maximum Gasteiger partial charge on any atom is 0.140 e. The largest absolute Gasteiger partial charge is 0.329 e. The first-order chi connectivity index (χ1) is 10.2. The number of benzene rings is 2. The highest BCUT2D eigenvalue weighted by molar-refractivity contribution is 6.17. The van der Waals surface area contributed by atoms with Crippen LogP contribution < -0.4 is 4.90 Å². The second-order valence-electron chi connectivity index (χ2n) is 5.19. The van der Waals surface area contributed by atoms with E-state index in [1.54, 1.807) is 0 Å².